The van der Waals surface area contributed by atoms with E-state index in [1.807, 2.05) is 25.1 Å². The Hall–Kier alpha value is -1.32. The molecule has 2 aromatic rings. The predicted octanol–water partition coefficient (Wildman–Crippen LogP) is 4.65. The van der Waals surface area contributed by atoms with Crippen LogP contribution in [0, 0.1) is 13.8 Å². The Bertz CT molecular complexity index is 655. The minimum Gasteiger partial charge on any atom is -0.348 e. The van der Waals surface area contributed by atoms with Crippen molar-refractivity contribution in [3.63, 3.8) is 0 Å². The van der Waals surface area contributed by atoms with Gasteiger partial charge in [-0.1, -0.05) is 51.3 Å². The summed E-state index contributed by atoms with van der Waals surface area (Å²) in [6.07, 6.45) is 0. The molecule has 104 valence electrons. The first-order valence-electron chi connectivity index (χ1n) is 6.27. The second-order valence-corrected chi connectivity index (χ2v) is 6.06. The molecule has 0 fully saturated rings. The van der Waals surface area contributed by atoms with Crippen LogP contribution in [0.2, 0.25) is 5.02 Å². The maximum absolute atomic E-state index is 12.2. The Morgan fingerprint density at radius 1 is 1.20 bits per heavy atom. The number of carbonyl (C=O) groups excluding carboxylic acids is 1. The molecular weight excluding hydrogens is 338 g/mol. The van der Waals surface area contributed by atoms with Gasteiger partial charge in [0.15, 0.2) is 0 Å². The number of aryl methyl sites for hydroxylation is 2. The van der Waals surface area contributed by atoms with Crippen LogP contribution in [-0.2, 0) is 6.54 Å². The van der Waals surface area contributed by atoms with Crippen LogP contribution >= 0.6 is 27.5 Å². The van der Waals surface area contributed by atoms with Gasteiger partial charge in [0, 0.05) is 11.0 Å². The van der Waals surface area contributed by atoms with Crippen molar-refractivity contribution < 1.29 is 4.79 Å². The lowest BCUT2D eigenvalue weighted by atomic mass is 10.1. The Kier molecular flexibility index (Phi) is 4.84. The SMILES string of the molecule is Cc1ccc(CNC(=O)c2cc(Br)ccc2Cl)c(C)c1. The third-order valence-corrected chi connectivity index (χ3v) is 3.93. The van der Waals surface area contributed by atoms with Crippen molar-refractivity contribution in [2.45, 2.75) is 20.4 Å². The van der Waals surface area contributed by atoms with Crippen LogP contribution < -0.4 is 5.32 Å². The molecule has 0 unspecified atom stereocenters. The van der Waals surface area contributed by atoms with Crippen LogP contribution in [0.4, 0.5) is 0 Å². The number of hydrogen-bond acceptors (Lipinski definition) is 1. The Morgan fingerprint density at radius 3 is 2.65 bits per heavy atom. The molecule has 0 spiro atoms. The molecule has 2 rings (SSSR count). The van der Waals surface area contributed by atoms with E-state index in [1.54, 1.807) is 12.1 Å². The highest BCUT2D eigenvalue weighted by Gasteiger charge is 2.11. The lowest BCUT2D eigenvalue weighted by molar-refractivity contribution is 0.0951. The molecule has 0 aliphatic heterocycles. The van der Waals surface area contributed by atoms with Crippen LogP contribution in [0.5, 0.6) is 0 Å². The van der Waals surface area contributed by atoms with Crippen molar-refractivity contribution in [2.75, 3.05) is 0 Å². The van der Waals surface area contributed by atoms with Crippen LogP contribution in [-0.4, -0.2) is 5.91 Å². The molecule has 0 aliphatic rings. The second-order valence-electron chi connectivity index (χ2n) is 4.74. The molecule has 2 nitrogen and oxygen atoms in total. The first-order chi connectivity index (χ1) is 9.47. The van der Waals surface area contributed by atoms with E-state index in [4.69, 9.17) is 11.6 Å². The van der Waals surface area contributed by atoms with Crippen molar-refractivity contribution in [1.82, 2.24) is 5.32 Å². The Morgan fingerprint density at radius 2 is 1.95 bits per heavy atom. The minimum absolute atomic E-state index is 0.170. The first kappa shape index (κ1) is 15.1. The maximum atomic E-state index is 12.2. The highest BCUT2D eigenvalue weighted by molar-refractivity contribution is 9.10. The Labute approximate surface area is 132 Å². The zero-order chi connectivity index (χ0) is 14.7. The smallest absolute Gasteiger partial charge is 0.253 e. The summed E-state index contributed by atoms with van der Waals surface area (Å²) in [5, 5.41) is 3.35. The van der Waals surface area contributed by atoms with Crippen molar-refractivity contribution in [3.05, 3.63) is 68.1 Å². The van der Waals surface area contributed by atoms with E-state index in [0.29, 0.717) is 17.1 Å². The summed E-state index contributed by atoms with van der Waals surface area (Å²) in [5.41, 5.74) is 3.97. The van der Waals surface area contributed by atoms with E-state index in [1.165, 1.54) is 11.1 Å². The largest absolute Gasteiger partial charge is 0.348 e. The van der Waals surface area contributed by atoms with Gasteiger partial charge in [-0.2, -0.15) is 0 Å². The lowest BCUT2D eigenvalue weighted by Crippen LogP contribution is -2.23. The van der Waals surface area contributed by atoms with E-state index in [2.05, 4.69) is 34.2 Å². The van der Waals surface area contributed by atoms with Gasteiger partial charge >= 0.3 is 0 Å². The van der Waals surface area contributed by atoms with Crippen molar-refractivity contribution in [2.24, 2.45) is 0 Å². The molecule has 0 saturated heterocycles. The fourth-order valence-corrected chi connectivity index (χ4v) is 2.55. The van der Waals surface area contributed by atoms with Gasteiger partial charge in [0.05, 0.1) is 10.6 Å². The van der Waals surface area contributed by atoms with Gasteiger partial charge in [-0.05, 0) is 43.2 Å². The van der Waals surface area contributed by atoms with Crippen molar-refractivity contribution in [3.8, 4) is 0 Å². The molecule has 0 radical (unpaired) electrons. The second kappa shape index (κ2) is 6.42. The van der Waals surface area contributed by atoms with Gasteiger partial charge in [-0.3, -0.25) is 4.79 Å². The molecule has 1 amide bonds. The normalized spacial score (nSPS) is 10.4. The topological polar surface area (TPSA) is 29.1 Å². The fourth-order valence-electron chi connectivity index (χ4n) is 1.99. The number of halogens is 2. The van der Waals surface area contributed by atoms with Gasteiger partial charge in [-0.25, -0.2) is 0 Å². The zero-order valence-corrected chi connectivity index (χ0v) is 13.7. The fraction of sp³-hybridized carbons (Fsp3) is 0.188. The number of amides is 1. The molecule has 0 bridgehead atoms. The summed E-state index contributed by atoms with van der Waals surface area (Å²) in [7, 11) is 0. The number of hydrogen-bond donors (Lipinski definition) is 1. The van der Waals surface area contributed by atoms with E-state index in [9.17, 15) is 4.79 Å². The van der Waals surface area contributed by atoms with E-state index in [0.717, 1.165) is 10.0 Å². The zero-order valence-electron chi connectivity index (χ0n) is 11.3. The molecule has 0 atom stereocenters. The highest BCUT2D eigenvalue weighted by atomic mass is 79.9. The first-order valence-corrected chi connectivity index (χ1v) is 7.44. The maximum Gasteiger partial charge on any atom is 0.253 e. The van der Waals surface area contributed by atoms with Gasteiger partial charge in [0.1, 0.15) is 0 Å². The average Bonchev–Trinajstić information content (AvgIpc) is 2.40. The predicted molar refractivity (Wildman–Crippen MR) is 86.2 cm³/mol. The Balaban J connectivity index is 2.10. The van der Waals surface area contributed by atoms with Gasteiger partial charge in [0.2, 0.25) is 0 Å². The number of rotatable bonds is 3. The number of carbonyl (C=O) groups is 1. The standard InChI is InChI=1S/C16H15BrClNO/c1-10-3-4-12(11(2)7-10)9-19-16(20)14-8-13(17)5-6-15(14)18/h3-8H,9H2,1-2H3,(H,19,20). The van der Waals surface area contributed by atoms with E-state index in [-0.39, 0.29) is 5.91 Å². The highest BCUT2D eigenvalue weighted by Crippen LogP contribution is 2.21. The van der Waals surface area contributed by atoms with Crippen LogP contribution in [0.1, 0.15) is 27.0 Å². The van der Waals surface area contributed by atoms with Gasteiger partial charge in [-0.15, -0.1) is 0 Å². The third-order valence-electron chi connectivity index (χ3n) is 3.11. The summed E-state index contributed by atoms with van der Waals surface area (Å²) in [6.45, 7) is 4.59. The molecule has 1 N–H and O–H groups in total. The lowest BCUT2D eigenvalue weighted by Gasteiger charge is -2.10. The van der Waals surface area contributed by atoms with E-state index >= 15 is 0 Å². The number of nitrogens with one attached hydrogen (secondary N) is 1. The average molecular weight is 353 g/mol. The molecule has 0 heterocycles. The summed E-state index contributed by atoms with van der Waals surface area (Å²) in [5.74, 6) is -0.170. The third kappa shape index (κ3) is 3.62. The summed E-state index contributed by atoms with van der Waals surface area (Å²) in [4.78, 5) is 12.2. The van der Waals surface area contributed by atoms with Crippen LogP contribution in [0.3, 0.4) is 0 Å². The quantitative estimate of drug-likeness (QED) is 0.856. The summed E-state index contributed by atoms with van der Waals surface area (Å²) < 4.78 is 0.832. The minimum atomic E-state index is -0.170. The van der Waals surface area contributed by atoms with Gasteiger partial charge in [0.25, 0.3) is 5.91 Å². The van der Waals surface area contributed by atoms with E-state index < -0.39 is 0 Å². The van der Waals surface area contributed by atoms with Crippen molar-refractivity contribution >= 4 is 33.4 Å². The van der Waals surface area contributed by atoms with Crippen molar-refractivity contribution in [1.29, 1.82) is 0 Å². The molecule has 0 saturated carbocycles. The molecule has 4 heteroatoms. The molecule has 2 aromatic carbocycles. The summed E-state index contributed by atoms with van der Waals surface area (Å²) >= 11 is 9.38. The molecule has 20 heavy (non-hydrogen) atoms. The summed E-state index contributed by atoms with van der Waals surface area (Å²) in [6, 6.07) is 11.4. The molecule has 0 aromatic heterocycles. The van der Waals surface area contributed by atoms with Gasteiger partial charge < -0.3 is 5.32 Å². The molecule has 0 aliphatic carbocycles. The monoisotopic (exact) mass is 351 g/mol. The number of benzene rings is 2. The van der Waals surface area contributed by atoms with Crippen LogP contribution in [0.25, 0.3) is 0 Å². The van der Waals surface area contributed by atoms with Crippen LogP contribution in [0.15, 0.2) is 40.9 Å². The molecular formula is C16H15BrClNO.